The van der Waals surface area contributed by atoms with Gasteiger partial charge in [-0.15, -0.1) is 0 Å². The van der Waals surface area contributed by atoms with Gasteiger partial charge in [0.2, 0.25) is 5.91 Å². The highest BCUT2D eigenvalue weighted by Crippen LogP contribution is 2.50. The second kappa shape index (κ2) is 6.71. The lowest BCUT2D eigenvalue weighted by Gasteiger charge is -2.47. The van der Waals surface area contributed by atoms with Crippen LogP contribution in [0.5, 0.6) is 0 Å². The lowest BCUT2D eigenvalue weighted by atomic mass is 9.58. The van der Waals surface area contributed by atoms with Crippen LogP contribution < -0.4 is 5.32 Å². The van der Waals surface area contributed by atoms with Crippen LogP contribution in [0.3, 0.4) is 0 Å². The van der Waals surface area contributed by atoms with Gasteiger partial charge in [0.05, 0.1) is 5.41 Å². The minimum Gasteiger partial charge on any atom is -0.335 e. The summed E-state index contributed by atoms with van der Waals surface area (Å²) >= 11 is 0. The highest BCUT2D eigenvalue weighted by Gasteiger charge is 2.50. The zero-order valence-corrected chi connectivity index (χ0v) is 17.0. The molecule has 0 heterocycles. The van der Waals surface area contributed by atoms with Crippen LogP contribution in [0.25, 0.3) is 0 Å². The molecule has 5 nitrogen and oxygen atoms in total. The van der Waals surface area contributed by atoms with E-state index in [4.69, 9.17) is 0 Å². The molecule has 0 saturated heterocycles. The summed E-state index contributed by atoms with van der Waals surface area (Å²) in [6, 6.07) is 0. The number of carbonyl (C=O) groups is 1. The lowest BCUT2D eigenvalue weighted by Crippen LogP contribution is -2.58. The molecular formula is C17H35NO4S. The molecule has 0 aromatic carbocycles. The molecular weight excluding hydrogens is 314 g/mol. The zero-order chi connectivity index (χ0) is 18.9. The second-order valence-electron chi connectivity index (χ2n) is 8.70. The van der Waals surface area contributed by atoms with E-state index in [-0.39, 0.29) is 16.7 Å². The van der Waals surface area contributed by atoms with Crippen LogP contribution in [0.4, 0.5) is 0 Å². The van der Waals surface area contributed by atoms with Gasteiger partial charge < -0.3 is 5.32 Å². The van der Waals surface area contributed by atoms with Crippen LogP contribution in [-0.4, -0.2) is 23.7 Å². The van der Waals surface area contributed by atoms with Gasteiger partial charge in [0.15, 0.2) is 4.87 Å². The normalized spacial score (nSPS) is 16.8. The van der Waals surface area contributed by atoms with Crippen molar-refractivity contribution in [3.05, 3.63) is 0 Å². The van der Waals surface area contributed by atoms with Gasteiger partial charge in [-0.2, -0.15) is 8.42 Å². The summed E-state index contributed by atoms with van der Waals surface area (Å²) in [5.41, 5.74) is -1.14. The first-order valence-corrected chi connectivity index (χ1v) is 9.69. The molecule has 0 aromatic rings. The standard InChI is InChI=1S/C17H35NO4S/c1-10-14(3,4)12-17(9,15(5,6)11-2)13(19)18-16(7,8)23(20,21)22/h10-12H2,1-9H3,(H,18,19)(H,20,21,22). The van der Waals surface area contributed by atoms with Crippen LogP contribution in [0.15, 0.2) is 0 Å². The molecule has 0 aromatic heterocycles. The summed E-state index contributed by atoms with van der Waals surface area (Å²) in [6.07, 6.45) is 2.32. The molecule has 0 aliphatic rings. The van der Waals surface area contributed by atoms with E-state index in [9.17, 15) is 17.8 Å². The molecule has 0 spiro atoms. The van der Waals surface area contributed by atoms with Crippen molar-refractivity contribution in [3.63, 3.8) is 0 Å². The maximum atomic E-state index is 13.0. The van der Waals surface area contributed by atoms with E-state index in [0.29, 0.717) is 6.42 Å². The molecule has 1 amide bonds. The minimum atomic E-state index is -4.39. The predicted molar refractivity (Wildman–Crippen MR) is 94.6 cm³/mol. The Kier molecular flexibility index (Phi) is 6.53. The van der Waals surface area contributed by atoms with Gasteiger partial charge >= 0.3 is 0 Å². The number of nitrogens with one attached hydrogen (secondary N) is 1. The summed E-state index contributed by atoms with van der Waals surface area (Å²) in [5, 5.41) is 2.55. The second-order valence-corrected chi connectivity index (χ2v) is 10.7. The summed E-state index contributed by atoms with van der Waals surface area (Å²) in [5.74, 6) is -0.339. The molecule has 138 valence electrons. The Balaban J connectivity index is 5.86. The monoisotopic (exact) mass is 349 g/mol. The Hall–Kier alpha value is -0.620. The van der Waals surface area contributed by atoms with E-state index in [2.05, 4.69) is 26.1 Å². The maximum absolute atomic E-state index is 13.0. The average Bonchev–Trinajstić information content (AvgIpc) is 2.35. The highest BCUT2D eigenvalue weighted by molar-refractivity contribution is 7.87. The Morgan fingerprint density at radius 2 is 1.39 bits per heavy atom. The summed E-state index contributed by atoms with van der Waals surface area (Å²) < 4.78 is 32.4. The third kappa shape index (κ3) is 4.92. The summed E-state index contributed by atoms with van der Waals surface area (Å²) in [7, 11) is -4.39. The van der Waals surface area contributed by atoms with E-state index >= 15 is 0 Å². The Morgan fingerprint density at radius 1 is 0.957 bits per heavy atom. The van der Waals surface area contributed by atoms with Crippen LogP contribution in [-0.2, 0) is 14.9 Å². The molecule has 0 aliphatic carbocycles. The molecule has 1 unspecified atom stereocenters. The fourth-order valence-corrected chi connectivity index (χ4v) is 2.80. The molecule has 0 rings (SSSR count). The van der Waals surface area contributed by atoms with Crippen LogP contribution >= 0.6 is 0 Å². The van der Waals surface area contributed by atoms with Crippen molar-refractivity contribution >= 4 is 16.0 Å². The van der Waals surface area contributed by atoms with Crippen molar-refractivity contribution in [3.8, 4) is 0 Å². The van der Waals surface area contributed by atoms with Crippen LogP contribution in [0.1, 0.15) is 81.6 Å². The van der Waals surface area contributed by atoms with Crippen molar-refractivity contribution < 1.29 is 17.8 Å². The Morgan fingerprint density at radius 3 is 1.70 bits per heavy atom. The minimum absolute atomic E-state index is 0.0548. The van der Waals surface area contributed by atoms with Crippen molar-refractivity contribution in [2.24, 2.45) is 16.2 Å². The molecule has 6 heteroatoms. The van der Waals surface area contributed by atoms with Gasteiger partial charge in [-0.25, -0.2) is 0 Å². The van der Waals surface area contributed by atoms with Gasteiger partial charge in [0, 0.05) is 0 Å². The number of amides is 1. The third-order valence-corrected chi connectivity index (χ3v) is 7.12. The van der Waals surface area contributed by atoms with Crippen molar-refractivity contribution in [1.82, 2.24) is 5.32 Å². The first kappa shape index (κ1) is 22.4. The van der Waals surface area contributed by atoms with Crippen molar-refractivity contribution in [1.29, 1.82) is 0 Å². The summed E-state index contributed by atoms with van der Waals surface area (Å²) in [6.45, 7) is 16.9. The number of rotatable bonds is 8. The molecule has 2 N–H and O–H groups in total. The van der Waals surface area contributed by atoms with Gasteiger partial charge in [-0.1, -0.05) is 54.9 Å². The van der Waals surface area contributed by atoms with Crippen LogP contribution in [0, 0.1) is 16.2 Å². The van der Waals surface area contributed by atoms with Gasteiger partial charge in [-0.3, -0.25) is 9.35 Å². The highest BCUT2D eigenvalue weighted by atomic mass is 32.2. The molecule has 0 saturated carbocycles. The van der Waals surface area contributed by atoms with Crippen molar-refractivity contribution in [2.45, 2.75) is 86.4 Å². The molecule has 0 aliphatic heterocycles. The summed E-state index contributed by atoms with van der Waals surface area (Å²) in [4.78, 5) is 11.3. The predicted octanol–water partition coefficient (Wildman–Crippen LogP) is 4.00. The number of carbonyl (C=O) groups excluding carboxylic acids is 1. The molecule has 0 bridgehead atoms. The van der Waals surface area contributed by atoms with E-state index in [1.165, 1.54) is 13.8 Å². The van der Waals surface area contributed by atoms with E-state index in [0.717, 1.165) is 12.8 Å². The molecule has 0 radical (unpaired) electrons. The van der Waals surface area contributed by atoms with Crippen LogP contribution in [0.2, 0.25) is 0 Å². The molecule has 23 heavy (non-hydrogen) atoms. The van der Waals surface area contributed by atoms with E-state index in [1.54, 1.807) is 0 Å². The SMILES string of the molecule is CCC(C)(C)CC(C)(C(=O)NC(C)(C)S(=O)(=O)O)C(C)(C)CC. The molecule has 0 fully saturated rings. The van der Waals surface area contributed by atoms with E-state index in [1.807, 2.05) is 27.7 Å². The first-order chi connectivity index (χ1) is 9.96. The number of hydrogen-bond donors (Lipinski definition) is 2. The third-order valence-electron chi connectivity index (χ3n) is 5.73. The fraction of sp³-hybridized carbons (Fsp3) is 0.941. The lowest BCUT2D eigenvalue weighted by molar-refractivity contribution is -0.141. The van der Waals surface area contributed by atoms with Gasteiger partial charge in [0.1, 0.15) is 0 Å². The quantitative estimate of drug-likeness (QED) is 0.649. The Bertz CT molecular complexity index is 535. The average molecular weight is 350 g/mol. The van der Waals surface area contributed by atoms with Gasteiger partial charge in [0.25, 0.3) is 10.1 Å². The Labute approximate surface area is 142 Å². The van der Waals surface area contributed by atoms with E-state index < -0.39 is 20.4 Å². The largest absolute Gasteiger partial charge is 0.335 e. The smallest absolute Gasteiger partial charge is 0.288 e. The maximum Gasteiger partial charge on any atom is 0.288 e. The van der Waals surface area contributed by atoms with Crippen molar-refractivity contribution in [2.75, 3.05) is 0 Å². The topological polar surface area (TPSA) is 83.5 Å². The fourth-order valence-electron chi connectivity index (χ4n) is 2.58. The van der Waals surface area contributed by atoms with Gasteiger partial charge in [-0.05, 0) is 37.5 Å². The first-order valence-electron chi connectivity index (χ1n) is 8.25. The number of hydrogen-bond acceptors (Lipinski definition) is 3. The molecule has 1 atom stereocenters. The zero-order valence-electron chi connectivity index (χ0n) is 16.2.